The third-order valence-corrected chi connectivity index (χ3v) is 5.31. The molecule has 1 aliphatic rings. The van der Waals surface area contributed by atoms with Crippen molar-refractivity contribution in [3.63, 3.8) is 0 Å². The Bertz CT molecular complexity index is 933. The highest BCUT2D eigenvalue weighted by molar-refractivity contribution is 9.10. The summed E-state index contributed by atoms with van der Waals surface area (Å²) in [6.07, 6.45) is 0. The van der Waals surface area contributed by atoms with Crippen molar-refractivity contribution in [3.05, 3.63) is 87.9 Å². The van der Waals surface area contributed by atoms with Crippen LogP contribution in [0.2, 0.25) is 0 Å². The maximum absolute atomic E-state index is 9.68. The number of ether oxygens (including phenoxy) is 1. The number of hydrogen-bond donors (Lipinski definition) is 2. The monoisotopic (exact) mass is 423 g/mol. The average Bonchev–Trinajstić information content (AvgIpc) is 3.05. The fourth-order valence-electron chi connectivity index (χ4n) is 3.06. The first-order valence-electron chi connectivity index (χ1n) is 8.82. The summed E-state index contributed by atoms with van der Waals surface area (Å²) < 4.78 is 12.2. The maximum atomic E-state index is 9.68. The fourth-order valence-corrected chi connectivity index (χ4v) is 3.49. The molecule has 1 heterocycles. The maximum Gasteiger partial charge on any atom is 0.491 e. The van der Waals surface area contributed by atoms with Gasteiger partial charge in [0.1, 0.15) is 11.5 Å². The van der Waals surface area contributed by atoms with E-state index in [1.165, 1.54) is 11.1 Å². The third kappa shape index (κ3) is 4.42. The summed E-state index contributed by atoms with van der Waals surface area (Å²) in [5.74, 6) is 1.52. The number of fused-ring (bicyclic) bond motifs is 1. The molecule has 0 bridgehead atoms. The molecule has 0 saturated carbocycles. The Morgan fingerprint density at radius 2 is 1.78 bits per heavy atom. The molecular weight excluding hydrogens is 405 g/mol. The topological polar surface area (TPSA) is 50.7 Å². The summed E-state index contributed by atoms with van der Waals surface area (Å²) in [6, 6.07) is 21.9. The summed E-state index contributed by atoms with van der Waals surface area (Å²) in [5, 5.41) is 13.1. The number of hydrogen-bond acceptors (Lipinski definition) is 4. The van der Waals surface area contributed by atoms with Gasteiger partial charge in [-0.2, -0.15) is 0 Å². The standard InChI is InChI=1S/C21H19BBrNO3/c23-21-4-2-1-3-16(21)13-24-12-15-5-7-18(8-6-15)27-19-9-10-20-17(11-19)14-26-22(20)25/h1-11,24-25H,12-14H2. The van der Waals surface area contributed by atoms with E-state index in [1.54, 1.807) is 0 Å². The van der Waals surface area contributed by atoms with Crippen LogP contribution in [0.3, 0.4) is 0 Å². The molecular formula is C21H19BBrNO3. The second-order valence-electron chi connectivity index (χ2n) is 6.46. The first-order valence-corrected chi connectivity index (χ1v) is 9.62. The van der Waals surface area contributed by atoms with Crippen molar-refractivity contribution in [3.8, 4) is 11.5 Å². The first-order chi connectivity index (χ1) is 13.2. The van der Waals surface area contributed by atoms with Crippen molar-refractivity contribution >= 4 is 28.5 Å². The Kier molecular flexibility index (Phi) is 5.59. The minimum absolute atomic E-state index is 0.413. The molecule has 0 saturated heterocycles. The Labute approximate surface area is 167 Å². The van der Waals surface area contributed by atoms with Crippen molar-refractivity contribution in [2.45, 2.75) is 19.7 Å². The van der Waals surface area contributed by atoms with Gasteiger partial charge in [0.15, 0.2) is 0 Å². The van der Waals surface area contributed by atoms with Gasteiger partial charge in [-0.25, -0.2) is 0 Å². The van der Waals surface area contributed by atoms with Gasteiger partial charge in [0, 0.05) is 17.6 Å². The molecule has 2 N–H and O–H groups in total. The van der Waals surface area contributed by atoms with Gasteiger partial charge in [0.25, 0.3) is 0 Å². The lowest BCUT2D eigenvalue weighted by Gasteiger charge is -2.09. The van der Waals surface area contributed by atoms with E-state index in [0.29, 0.717) is 6.61 Å². The summed E-state index contributed by atoms with van der Waals surface area (Å²) in [4.78, 5) is 0. The van der Waals surface area contributed by atoms with Crippen LogP contribution >= 0.6 is 15.9 Å². The Morgan fingerprint density at radius 3 is 2.59 bits per heavy atom. The SMILES string of the molecule is OB1OCc2cc(Oc3ccc(CNCc4ccccc4Br)cc3)ccc21. The molecule has 3 aromatic carbocycles. The molecule has 3 aromatic rings. The highest BCUT2D eigenvalue weighted by atomic mass is 79.9. The number of nitrogens with one attached hydrogen (secondary N) is 1. The zero-order valence-corrected chi connectivity index (χ0v) is 16.3. The predicted molar refractivity (Wildman–Crippen MR) is 110 cm³/mol. The summed E-state index contributed by atoms with van der Waals surface area (Å²) >= 11 is 3.57. The quantitative estimate of drug-likeness (QED) is 0.593. The average molecular weight is 424 g/mol. The van der Waals surface area contributed by atoms with Crippen LogP contribution in [0, 0.1) is 0 Å². The Balaban J connectivity index is 1.33. The molecule has 0 spiro atoms. The van der Waals surface area contributed by atoms with E-state index in [9.17, 15) is 5.02 Å². The van der Waals surface area contributed by atoms with Crippen LogP contribution in [0.1, 0.15) is 16.7 Å². The zero-order chi connectivity index (χ0) is 18.6. The molecule has 136 valence electrons. The molecule has 4 rings (SSSR count). The Hall–Kier alpha value is -2.12. The van der Waals surface area contributed by atoms with Crippen molar-refractivity contribution in [1.82, 2.24) is 5.32 Å². The predicted octanol–water partition coefficient (Wildman–Crippen LogP) is 3.75. The fraction of sp³-hybridized carbons (Fsp3) is 0.143. The van der Waals surface area contributed by atoms with Crippen molar-refractivity contribution < 1.29 is 14.4 Å². The van der Waals surface area contributed by atoms with Crippen LogP contribution in [0.25, 0.3) is 0 Å². The van der Waals surface area contributed by atoms with Gasteiger partial charge in [0.2, 0.25) is 0 Å². The summed E-state index contributed by atoms with van der Waals surface area (Å²) in [7, 11) is -0.822. The molecule has 1 aliphatic heterocycles. The highest BCUT2D eigenvalue weighted by Gasteiger charge is 2.27. The van der Waals surface area contributed by atoms with Gasteiger partial charge >= 0.3 is 7.12 Å². The van der Waals surface area contributed by atoms with E-state index in [0.717, 1.165) is 40.1 Å². The van der Waals surface area contributed by atoms with Gasteiger partial charge in [0.05, 0.1) is 6.61 Å². The second kappa shape index (κ2) is 8.27. The zero-order valence-electron chi connectivity index (χ0n) is 14.7. The van der Waals surface area contributed by atoms with E-state index in [-0.39, 0.29) is 0 Å². The molecule has 4 nitrogen and oxygen atoms in total. The minimum Gasteiger partial charge on any atom is -0.457 e. The van der Waals surface area contributed by atoms with Crippen LogP contribution in [-0.2, 0) is 24.4 Å². The van der Waals surface area contributed by atoms with Crippen LogP contribution in [0.15, 0.2) is 71.2 Å². The van der Waals surface area contributed by atoms with Crippen LogP contribution in [-0.4, -0.2) is 12.1 Å². The number of benzene rings is 3. The van der Waals surface area contributed by atoms with E-state index < -0.39 is 7.12 Å². The first kappa shape index (κ1) is 18.3. The van der Waals surface area contributed by atoms with E-state index in [2.05, 4.69) is 45.5 Å². The van der Waals surface area contributed by atoms with E-state index in [4.69, 9.17) is 9.39 Å². The smallest absolute Gasteiger partial charge is 0.457 e. The van der Waals surface area contributed by atoms with E-state index in [1.807, 2.05) is 42.5 Å². The molecule has 0 aliphatic carbocycles. The third-order valence-electron chi connectivity index (χ3n) is 4.54. The number of rotatable bonds is 6. The minimum atomic E-state index is -0.822. The largest absolute Gasteiger partial charge is 0.491 e. The van der Waals surface area contributed by atoms with Gasteiger partial charge in [-0.15, -0.1) is 0 Å². The van der Waals surface area contributed by atoms with Crippen molar-refractivity contribution in [1.29, 1.82) is 0 Å². The highest BCUT2D eigenvalue weighted by Crippen LogP contribution is 2.24. The van der Waals surface area contributed by atoms with Crippen LogP contribution in [0.5, 0.6) is 11.5 Å². The molecule has 0 radical (unpaired) electrons. The molecule has 27 heavy (non-hydrogen) atoms. The van der Waals surface area contributed by atoms with Crippen molar-refractivity contribution in [2.75, 3.05) is 0 Å². The van der Waals surface area contributed by atoms with Crippen LogP contribution < -0.4 is 15.5 Å². The lowest BCUT2D eigenvalue weighted by molar-refractivity contribution is 0.275. The molecule has 0 aromatic heterocycles. The van der Waals surface area contributed by atoms with Gasteiger partial charge in [-0.1, -0.05) is 52.3 Å². The van der Waals surface area contributed by atoms with Gasteiger partial charge < -0.3 is 19.7 Å². The molecule has 6 heteroatoms. The number of halogens is 1. The lowest BCUT2D eigenvalue weighted by Crippen LogP contribution is -2.27. The van der Waals surface area contributed by atoms with Gasteiger partial charge in [-0.3, -0.25) is 0 Å². The Morgan fingerprint density at radius 1 is 1.00 bits per heavy atom. The normalized spacial score (nSPS) is 12.9. The van der Waals surface area contributed by atoms with Crippen LogP contribution in [0.4, 0.5) is 0 Å². The molecule has 0 fully saturated rings. The molecule has 0 unspecified atom stereocenters. The summed E-state index contributed by atoms with van der Waals surface area (Å²) in [6.45, 7) is 2.01. The molecule has 0 atom stereocenters. The lowest BCUT2D eigenvalue weighted by atomic mass is 9.80. The summed E-state index contributed by atoms with van der Waals surface area (Å²) in [5.41, 5.74) is 4.21. The second-order valence-corrected chi connectivity index (χ2v) is 7.32. The molecule has 0 amide bonds. The van der Waals surface area contributed by atoms with Crippen molar-refractivity contribution in [2.24, 2.45) is 0 Å². The van der Waals surface area contributed by atoms with E-state index >= 15 is 0 Å². The van der Waals surface area contributed by atoms with Gasteiger partial charge in [-0.05, 0) is 52.5 Å².